The van der Waals surface area contributed by atoms with Gasteiger partial charge in [-0.05, 0) is 40.9 Å². The zero-order chi connectivity index (χ0) is 13.2. The monoisotopic (exact) mass is 322 g/mol. The van der Waals surface area contributed by atoms with E-state index in [0.29, 0.717) is 11.8 Å². The van der Waals surface area contributed by atoms with Crippen LogP contribution in [0.25, 0.3) is 11.5 Å². The Hall–Kier alpha value is -1.69. The van der Waals surface area contributed by atoms with Gasteiger partial charge in [0.1, 0.15) is 0 Å². The number of aromatic nitrogens is 2. The average molecular weight is 323 g/mol. The summed E-state index contributed by atoms with van der Waals surface area (Å²) in [6.07, 6.45) is 1.84. The van der Waals surface area contributed by atoms with Crippen LogP contribution in [0, 0.1) is 5.92 Å². The Balaban J connectivity index is 1.69. The zero-order valence-corrected chi connectivity index (χ0v) is 11.6. The molecule has 0 aliphatic heterocycles. The number of hydrogen-bond acceptors (Lipinski definition) is 5. The molecule has 1 heterocycles. The molecule has 3 rings (SSSR count). The first-order valence-corrected chi connectivity index (χ1v) is 6.77. The number of benzene rings is 1. The van der Waals surface area contributed by atoms with Crippen molar-refractivity contribution in [2.75, 3.05) is 0 Å². The fourth-order valence-electron chi connectivity index (χ4n) is 1.63. The normalized spacial score (nSPS) is 14.4. The second-order valence-corrected chi connectivity index (χ2v) is 5.22. The lowest BCUT2D eigenvalue weighted by atomic mass is 10.2. The molecule has 0 bridgehead atoms. The predicted molar refractivity (Wildman–Crippen MR) is 70.0 cm³/mol. The van der Waals surface area contributed by atoms with Crippen molar-refractivity contribution in [2.24, 2.45) is 5.92 Å². The Kier molecular flexibility index (Phi) is 3.33. The van der Waals surface area contributed by atoms with Crippen LogP contribution in [-0.4, -0.2) is 16.2 Å². The molecule has 2 aromatic rings. The van der Waals surface area contributed by atoms with E-state index in [2.05, 4.69) is 26.1 Å². The number of nitrogens with zero attached hydrogens (tertiary/aromatic N) is 2. The van der Waals surface area contributed by atoms with E-state index in [-0.39, 0.29) is 18.5 Å². The Labute approximate surface area is 118 Å². The Morgan fingerprint density at radius 3 is 2.89 bits per heavy atom. The van der Waals surface area contributed by atoms with Gasteiger partial charge in [-0.1, -0.05) is 12.1 Å². The van der Waals surface area contributed by atoms with Crippen LogP contribution in [0.4, 0.5) is 0 Å². The molecular formula is C13H11BrN2O3. The van der Waals surface area contributed by atoms with E-state index >= 15 is 0 Å². The third-order valence-corrected chi connectivity index (χ3v) is 3.51. The second kappa shape index (κ2) is 5.13. The summed E-state index contributed by atoms with van der Waals surface area (Å²) >= 11 is 3.42. The first-order valence-electron chi connectivity index (χ1n) is 5.98. The molecule has 1 aliphatic carbocycles. The van der Waals surface area contributed by atoms with Crippen LogP contribution in [0.3, 0.4) is 0 Å². The fourth-order valence-corrected chi connectivity index (χ4v) is 2.08. The van der Waals surface area contributed by atoms with Crippen molar-refractivity contribution in [3.8, 4) is 11.5 Å². The summed E-state index contributed by atoms with van der Waals surface area (Å²) in [5.74, 6) is 0.607. The quantitative estimate of drug-likeness (QED) is 0.810. The molecule has 6 heteroatoms. The number of hydrogen-bond donors (Lipinski definition) is 0. The van der Waals surface area contributed by atoms with E-state index in [1.165, 1.54) is 0 Å². The highest BCUT2D eigenvalue weighted by Crippen LogP contribution is 2.30. The van der Waals surface area contributed by atoms with Crippen molar-refractivity contribution >= 4 is 21.9 Å². The lowest BCUT2D eigenvalue weighted by Gasteiger charge is -1.99. The van der Waals surface area contributed by atoms with Gasteiger partial charge in [-0.2, -0.15) is 0 Å². The van der Waals surface area contributed by atoms with Gasteiger partial charge in [-0.15, -0.1) is 10.2 Å². The molecule has 0 N–H and O–H groups in total. The van der Waals surface area contributed by atoms with E-state index < -0.39 is 0 Å². The van der Waals surface area contributed by atoms with Gasteiger partial charge >= 0.3 is 5.97 Å². The number of carbonyl (C=O) groups excluding carboxylic acids is 1. The molecule has 19 heavy (non-hydrogen) atoms. The Bertz CT molecular complexity index is 607. The molecule has 0 atom stereocenters. The molecule has 1 aromatic heterocycles. The van der Waals surface area contributed by atoms with Gasteiger partial charge in [-0.3, -0.25) is 4.79 Å². The van der Waals surface area contributed by atoms with E-state index in [9.17, 15) is 4.79 Å². The molecule has 1 fully saturated rings. The number of ether oxygens (including phenoxy) is 1. The summed E-state index contributed by atoms with van der Waals surface area (Å²) in [5.41, 5.74) is 0.815. The summed E-state index contributed by atoms with van der Waals surface area (Å²) in [6, 6.07) is 7.56. The summed E-state index contributed by atoms with van der Waals surface area (Å²) < 4.78 is 11.4. The van der Waals surface area contributed by atoms with Gasteiger partial charge < -0.3 is 9.15 Å². The topological polar surface area (TPSA) is 65.2 Å². The predicted octanol–water partition coefficient (Wildman–Crippen LogP) is 2.95. The maximum Gasteiger partial charge on any atom is 0.309 e. The lowest BCUT2D eigenvalue weighted by molar-refractivity contribution is -0.147. The molecule has 1 saturated carbocycles. The standard InChI is InChI=1S/C13H11BrN2O3/c14-10-4-2-1-3-9(10)12-16-15-11(19-12)7-18-13(17)8-5-6-8/h1-4,8H,5-7H2. The van der Waals surface area contributed by atoms with Gasteiger partial charge in [0.05, 0.1) is 11.5 Å². The minimum Gasteiger partial charge on any atom is -0.455 e. The largest absolute Gasteiger partial charge is 0.455 e. The van der Waals surface area contributed by atoms with Crippen LogP contribution >= 0.6 is 15.9 Å². The van der Waals surface area contributed by atoms with E-state index in [1.54, 1.807) is 0 Å². The fraction of sp³-hybridized carbons (Fsp3) is 0.308. The summed E-state index contributed by atoms with van der Waals surface area (Å²) in [6.45, 7) is 0.0345. The highest BCUT2D eigenvalue weighted by atomic mass is 79.9. The average Bonchev–Trinajstić information content (AvgIpc) is 3.16. The van der Waals surface area contributed by atoms with Crippen molar-refractivity contribution in [1.29, 1.82) is 0 Å². The lowest BCUT2D eigenvalue weighted by Crippen LogP contribution is -2.06. The molecule has 0 saturated heterocycles. The number of esters is 1. The molecule has 0 amide bonds. The van der Waals surface area contributed by atoms with Crippen LogP contribution in [-0.2, 0) is 16.1 Å². The molecule has 0 unspecified atom stereocenters. The molecule has 98 valence electrons. The number of carbonyl (C=O) groups is 1. The van der Waals surface area contributed by atoms with Crippen LogP contribution in [0.15, 0.2) is 33.2 Å². The van der Waals surface area contributed by atoms with Gasteiger partial charge in [0.15, 0.2) is 6.61 Å². The van der Waals surface area contributed by atoms with Crippen molar-refractivity contribution in [1.82, 2.24) is 10.2 Å². The molecule has 5 nitrogen and oxygen atoms in total. The van der Waals surface area contributed by atoms with Gasteiger partial charge in [-0.25, -0.2) is 0 Å². The van der Waals surface area contributed by atoms with Crippen molar-refractivity contribution in [3.05, 3.63) is 34.6 Å². The van der Waals surface area contributed by atoms with E-state index in [4.69, 9.17) is 9.15 Å². The summed E-state index contributed by atoms with van der Waals surface area (Å²) in [7, 11) is 0. The Morgan fingerprint density at radius 2 is 2.16 bits per heavy atom. The van der Waals surface area contributed by atoms with Gasteiger partial charge in [0, 0.05) is 4.47 Å². The molecule has 0 spiro atoms. The summed E-state index contributed by atoms with van der Waals surface area (Å²) in [5, 5.41) is 7.82. The Morgan fingerprint density at radius 1 is 1.37 bits per heavy atom. The van der Waals surface area contributed by atoms with Crippen molar-refractivity contribution < 1.29 is 13.9 Å². The van der Waals surface area contributed by atoms with Crippen molar-refractivity contribution in [3.63, 3.8) is 0 Å². The van der Waals surface area contributed by atoms with E-state index in [0.717, 1.165) is 22.9 Å². The smallest absolute Gasteiger partial charge is 0.309 e. The SMILES string of the molecule is O=C(OCc1nnc(-c2ccccc2Br)o1)C1CC1. The first-order chi connectivity index (χ1) is 9.24. The molecule has 0 radical (unpaired) electrons. The molecular weight excluding hydrogens is 312 g/mol. The van der Waals surface area contributed by atoms with Gasteiger partial charge in [0.25, 0.3) is 5.89 Å². The molecule has 1 aromatic carbocycles. The van der Waals surface area contributed by atoms with Gasteiger partial charge in [0.2, 0.25) is 5.89 Å². The highest BCUT2D eigenvalue weighted by Gasteiger charge is 2.31. The maximum atomic E-state index is 11.4. The maximum absolute atomic E-state index is 11.4. The highest BCUT2D eigenvalue weighted by molar-refractivity contribution is 9.10. The minimum absolute atomic E-state index is 0.0345. The van der Waals surface area contributed by atoms with Crippen molar-refractivity contribution in [2.45, 2.75) is 19.4 Å². The minimum atomic E-state index is -0.180. The van der Waals surface area contributed by atoms with Crippen LogP contribution < -0.4 is 0 Å². The van der Waals surface area contributed by atoms with E-state index in [1.807, 2.05) is 24.3 Å². The molecule has 1 aliphatic rings. The number of rotatable bonds is 4. The third-order valence-electron chi connectivity index (χ3n) is 2.82. The van der Waals surface area contributed by atoms with Crippen LogP contribution in [0.1, 0.15) is 18.7 Å². The van der Waals surface area contributed by atoms with Crippen LogP contribution in [0.2, 0.25) is 0 Å². The third kappa shape index (κ3) is 2.84. The zero-order valence-electron chi connectivity index (χ0n) is 10.0. The number of halogens is 1. The first kappa shape index (κ1) is 12.3. The summed E-state index contributed by atoms with van der Waals surface area (Å²) in [4.78, 5) is 11.4. The van der Waals surface area contributed by atoms with Crippen LogP contribution in [0.5, 0.6) is 0 Å². The second-order valence-electron chi connectivity index (χ2n) is 4.36.